The van der Waals surface area contributed by atoms with Crippen molar-refractivity contribution in [2.75, 3.05) is 26.2 Å². The molecule has 1 aromatic rings. The third-order valence-electron chi connectivity index (χ3n) is 4.48. The fraction of sp³-hybridized carbons (Fsp3) is 0.533. The number of hydrogen-bond donors (Lipinski definition) is 1. The molecule has 1 amide bonds. The van der Waals surface area contributed by atoms with E-state index < -0.39 is 0 Å². The minimum Gasteiger partial charge on any atom is -0.338 e. The van der Waals surface area contributed by atoms with Crippen molar-refractivity contribution in [2.45, 2.75) is 19.8 Å². The van der Waals surface area contributed by atoms with Crippen LogP contribution in [0.15, 0.2) is 18.2 Å². The molecule has 3 nitrogen and oxygen atoms in total. The second-order valence-electron chi connectivity index (χ2n) is 5.86. The molecule has 2 heterocycles. The summed E-state index contributed by atoms with van der Waals surface area (Å²) in [4.78, 5) is 14.6. The molecule has 3 rings (SSSR count). The Kier molecular flexibility index (Phi) is 4.62. The van der Waals surface area contributed by atoms with E-state index in [9.17, 15) is 4.79 Å². The van der Waals surface area contributed by atoms with E-state index in [1.165, 1.54) is 6.42 Å². The highest BCUT2D eigenvalue weighted by Gasteiger charge is 2.42. The van der Waals surface area contributed by atoms with Crippen LogP contribution in [-0.2, 0) is 0 Å². The Bertz CT molecular complexity index is 513. The Labute approximate surface area is 131 Å². The zero-order valence-electron chi connectivity index (χ0n) is 11.6. The summed E-state index contributed by atoms with van der Waals surface area (Å²) in [5.41, 5.74) is 2.08. The smallest absolute Gasteiger partial charge is 0.254 e. The monoisotopic (exact) mass is 314 g/mol. The molecule has 5 heteroatoms. The molecule has 0 aliphatic carbocycles. The van der Waals surface area contributed by atoms with Gasteiger partial charge in [-0.25, -0.2) is 0 Å². The predicted molar refractivity (Wildman–Crippen MR) is 83.9 cm³/mol. The molecule has 20 heavy (non-hydrogen) atoms. The zero-order valence-corrected chi connectivity index (χ0v) is 13.2. The summed E-state index contributed by atoms with van der Waals surface area (Å²) < 4.78 is 0. The lowest BCUT2D eigenvalue weighted by Gasteiger charge is -2.23. The van der Waals surface area contributed by atoms with Gasteiger partial charge in [0.1, 0.15) is 0 Å². The lowest BCUT2D eigenvalue weighted by atomic mass is 9.86. The largest absolute Gasteiger partial charge is 0.338 e. The second-order valence-corrected chi connectivity index (χ2v) is 6.30. The highest BCUT2D eigenvalue weighted by Crippen LogP contribution is 2.36. The minimum absolute atomic E-state index is 0. The van der Waals surface area contributed by atoms with Gasteiger partial charge < -0.3 is 10.2 Å². The number of nitrogens with one attached hydrogen (secondary N) is 1. The van der Waals surface area contributed by atoms with Gasteiger partial charge in [-0.2, -0.15) is 0 Å². The number of benzene rings is 1. The van der Waals surface area contributed by atoms with Gasteiger partial charge in [-0.15, -0.1) is 12.4 Å². The SMILES string of the molecule is Cc1cc(Cl)ccc1C(=O)N1CCC2(CCNC2)C1.Cl. The van der Waals surface area contributed by atoms with Gasteiger partial charge in [0.05, 0.1) is 0 Å². The van der Waals surface area contributed by atoms with Crippen LogP contribution in [0.2, 0.25) is 5.02 Å². The highest BCUT2D eigenvalue weighted by atomic mass is 35.5. The summed E-state index contributed by atoms with van der Waals surface area (Å²) in [5, 5.41) is 4.10. The molecule has 1 atom stereocenters. The standard InChI is InChI=1S/C15H19ClN2O.ClH/c1-11-8-12(16)2-3-13(11)14(19)18-7-5-15(10-18)4-6-17-9-15;/h2-3,8,17H,4-7,9-10H2,1H3;1H. The molecule has 0 radical (unpaired) electrons. The molecular formula is C15H20Cl2N2O. The molecule has 0 bridgehead atoms. The summed E-state index contributed by atoms with van der Waals surface area (Å²) in [6, 6.07) is 5.50. The van der Waals surface area contributed by atoms with Crippen molar-refractivity contribution in [1.29, 1.82) is 0 Å². The first-order valence-corrected chi connectivity index (χ1v) is 7.24. The lowest BCUT2D eigenvalue weighted by Crippen LogP contribution is -2.33. The fourth-order valence-electron chi connectivity index (χ4n) is 3.29. The number of carbonyl (C=O) groups excluding carboxylic acids is 1. The van der Waals surface area contributed by atoms with E-state index in [2.05, 4.69) is 5.32 Å². The zero-order chi connectivity index (χ0) is 13.5. The average Bonchev–Trinajstić information content (AvgIpc) is 3.00. The van der Waals surface area contributed by atoms with Gasteiger partial charge in [0.25, 0.3) is 5.91 Å². The summed E-state index contributed by atoms with van der Waals surface area (Å²) in [5.74, 6) is 0.151. The molecule has 110 valence electrons. The van der Waals surface area contributed by atoms with Crippen molar-refractivity contribution < 1.29 is 4.79 Å². The molecule has 2 aliphatic heterocycles. The first kappa shape index (κ1) is 15.6. The number of halogens is 2. The Morgan fingerprint density at radius 1 is 1.40 bits per heavy atom. The van der Waals surface area contributed by atoms with E-state index >= 15 is 0 Å². The van der Waals surface area contributed by atoms with Crippen LogP contribution in [-0.4, -0.2) is 37.0 Å². The fourth-order valence-corrected chi connectivity index (χ4v) is 3.52. The van der Waals surface area contributed by atoms with Gasteiger partial charge in [-0.3, -0.25) is 4.79 Å². The van der Waals surface area contributed by atoms with Crippen LogP contribution in [0.5, 0.6) is 0 Å². The number of aryl methyl sites for hydroxylation is 1. The maximum absolute atomic E-state index is 12.6. The molecule has 1 N–H and O–H groups in total. The Morgan fingerprint density at radius 3 is 2.85 bits per heavy atom. The molecule has 2 aliphatic rings. The van der Waals surface area contributed by atoms with Crippen LogP contribution in [0.25, 0.3) is 0 Å². The van der Waals surface area contributed by atoms with E-state index in [0.717, 1.165) is 43.7 Å². The number of amides is 1. The average molecular weight is 315 g/mol. The van der Waals surface area contributed by atoms with Crippen molar-refractivity contribution in [3.63, 3.8) is 0 Å². The second kappa shape index (κ2) is 5.92. The van der Waals surface area contributed by atoms with Crippen molar-refractivity contribution in [2.24, 2.45) is 5.41 Å². The summed E-state index contributed by atoms with van der Waals surface area (Å²) >= 11 is 5.95. The number of likely N-dealkylation sites (tertiary alicyclic amines) is 1. The molecule has 0 saturated carbocycles. The molecule has 1 spiro atoms. The van der Waals surface area contributed by atoms with Crippen LogP contribution in [0.1, 0.15) is 28.8 Å². The van der Waals surface area contributed by atoms with Gasteiger partial charge in [0, 0.05) is 35.6 Å². The maximum Gasteiger partial charge on any atom is 0.254 e. The summed E-state index contributed by atoms with van der Waals surface area (Å²) in [6.07, 6.45) is 2.31. The van der Waals surface area contributed by atoms with Crippen molar-refractivity contribution in [1.82, 2.24) is 10.2 Å². The van der Waals surface area contributed by atoms with Crippen LogP contribution in [0.3, 0.4) is 0 Å². The first-order valence-electron chi connectivity index (χ1n) is 6.86. The Morgan fingerprint density at radius 2 is 2.20 bits per heavy atom. The van der Waals surface area contributed by atoms with Gasteiger partial charge in [-0.1, -0.05) is 11.6 Å². The number of rotatable bonds is 1. The summed E-state index contributed by atoms with van der Waals surface area (Å²) in [7, 11) is 0. The Balaban J connectivity index is 0.00000147. The lowest BCUT2D eigenvalue weighted by molar-refractivity contribution is 0.0775. The minimum atomic E-state index is 0. The van der Waals surface area contributed by atoms with E-state index in [4.69, 9.17) is 11.6 Å². The molecule has 0 aromatic heterocycles. The van der Waals surface area contributed by atoms with E-state index in [-0.39, 0.29) is 18.3 Å². The highest BCUT2D eigenvalue weighted by molar-refractivity contribution is 6.30. The molecule has 1 unspecified atom stereocenters. The maximum atomic E-state index is 12.6. The first-order chi connectivity index (χ1) is 9.10. The molecular weight excluding hydrogens is 295 g/mol. The van der Waals surface area contributed by atoms with Gasteiger partial charge in [-0.05, 0) is 50.1 Å². The predicted octanol–water partition coefficient (Wildman–Crippen LogP) is 2.90. The molecule has 2 saturated heterocycles. The van der Waals surface area contributed by atoms with Crippen molar-refractivity contribution >= 4 is 29.9 Å². The normalized spacial score (nSPS) is 25.0. The van der Waals surface area contributed by atoms with Gasteiger partial charge in [0.15, 0.2) is 0 Å². The van der Waals surface area contributed by atoms with Crippen LogP contribution < -0.4 is 5.32 Å². The number of hydrogen-bond acceptors (Lipinski definition) is 2. The van der Waals surface area contributed by atoms with Crippen molar-refractivity contribution in [3.05, 3.63) is 34.3 Å². The van der Waals surface area contributed by atoms with Crippen LogP contribution in [0.4, 0.5) is 0 Å². The third-order valence-corrected chi connectivity index (χ3v) is 4.71. The van der Waals surface area contributed by atoms with Gasteiger partial charge >= 0.3 is 0 Å². The Hall–Kier alpha value is -0.770. The van der Waals surface area contributed by atoms with E-state index in [1.807, 2.05) is 24.0 Å². The third kappa shape index (κ3) is 2.80. The number of carbonyl (C=O) groups is 1. The van der Waals surface area contributed by atoms with E-state index in [1.54, 1.807) is 6.07 Å². The van der Waals surface area contributed by atoms with Crippen molar-refractivity contribution in [3.8, 4) is 0 Å². The topological polar surface area (TPSA) is 32.3 Å². The quantitative estimate of drug-likeness (QED) is 0.864. The summed E-state index contributed by atoms with van der Waals surface area (Å²) in [6.45, 7) is 5.85. The van der Waals surface area contributed by atoms with Gasteiger partial charge in [0.2, 0.25) is 0 Å². The molecule has 2 fully saturated rings. The number of nitrogens with zero attached hydrogens (tertiary/aromatic N) is 1. The molecule has 1 aromatic carbocycles. The van der Waals surface area contributed by atoms with Crippen LogP contribution in [0, 0.1) is 12.3 Å². The van der Waals surface area contributed by atoms with E-state index in [0.29, 0.717) is 10.4 Å². The van der Waals surface area contributed by atoms with Crippen LogP contribution >= 0.6 is 24.0 Å².